The molecule has 0 spiro atoms. The molecule has 3 aromatic rings. The van der Waals surface area contributed by atoms with Crippen molar-refractivity contribution in [2.24, 2.45) is 4.99 Å². The zero-order chi connectivity index (χ0) is 18.8. The van der Waals surface area contributed by atoms with Crippen molar-refractivity contribution < 1.29 is 18.3 Å². The summed E-state index contributed by atoms with van der Waals surface area (Å²) in [5, 5.41) is 0.638. The van der Waals surface area contributed by atoms with E-state index in [1.165, 1.54) is 18.2 Å². The van der Waals surface area contributed by atoms with Crippen molar-refractivity contribution in [1.29, 1.82) is 0 Å². The first-order chi connectivity index (χ1) is 13.1. The summed E-state index contributed by atoms with van der Waals surface area (Å²) in [5.41, 5.74) is 0.632. The standard InChI is InChI=1S/C21H14ClF2NO2/c22-14-6-10-16(11-7-14)27-15-8-4-13(5-9-15)19-12-26-21(25-19)20-17(23)2-1-3-18(20)24/h1-11,19H,12H2. The molecule has 3 aromatic carbocycles. The maximum Gasteiger partial charge on any atom is 0.222 e. The lowest BCUT2D eigenvalue weighted by Crippen LogP contribution is -2.07. The minimum absolute atomic E-state index is 0.0166. The van der Waals surface area contributed by atoms with E-state index >= 15 is 0 Å². The third-order valence-corrected chi connectivity index (χ3v) is 4.39. The largest absolute Gasteiger partial charge is 0.475 e. The third kappa shape index (κ3) is 3.78. The Labute approximate surface area is 159 Å². The monoisotopic (exact) mass is 385 g/mol. The summed E-state index contributed by atoms with van der Waals surface area (Å²) in [7, 11) is 0. The summed E-state index contributed by atoms with van der Waals surface area (Å²) in [5.74, 6) is -0.0738. The molecule has 0 fully saturated rings. The van der Waals surface area contributed by atoms with Gasteiger partial charge < -0.3 is 9.47 Å². The summed E-state index contributed by atoms with van der Waals surface area (Å²) < 4.78 is 39.0. The van der Waals surface area contributed by atoms with Crippen LogP contribution in [0, 0.1) is 11.6 Å². The molecule has 1 unspecified atom stereocenters. The van der Waals surface area contributed by atoms with E-state index in [4.69, 9.17) is 21.1 Å². The van der Waals surface area contributed by atoms with Gasteiger partial charge in [-0.25, -0.2) is 13.8 Å². The van der Waals surface area contributed by atoms with Crippen molar-refractivity contribution in [3.05, 3.63) is 94.5 Å². The maximum atomic E-state index is 13.9. The quantitative estimate of drug-likeness (QED) is 0.557. The zero-order valence-electron chi connectivity index (χ0n) is 14.0. The van der Waals surface area contributed by atoms with E-state index in [2.05, 4.69) is 4.99 Å². The molecule has 0 aliphatic carbocycles. The van der Waals surface area contributed by atoms with Gasteiger partial charge in [0, 0.05) is 5.02 Å². The predicted molar refractivity (Wildman–Crippen MR) is 99.6 cm³/mol. The highest BCUT2D eigenvalue weighted by molar-refractivity contribution is 6.30. The van der Waals surface area contributed by atoms with Crippen LogP contribution in [0.2, 0.25) is 5.02 Å². The van der Waals surface area contributed by atoms with Gasteiger partial charge in [0.15, 0.2) is 0 Å². The van der Waals surface area contributed by atoms with Crippen molar-refractivity contribution in [2.75, 3.05) is 6.61 Å². The van der Waals surface area contributed by atoms with Crippen LogP contribution in [0.15, 0.2) is 71.7 Å². The molecular weight excluding hydrogens is 372 g/mol. The average Bonchev–Trinajstić information content (AvgIpc) is 3.14. The maximum absolute atomic E-state index is 13.9. The number of nitrogens with zero attached hydrogens (tertiary/aromatic N) is 1. The van der Waals surface area contributed by atoms with Crippen LogP contribution in [0.5, 0.6) is 11.5 Å². The molecule has 3 nitrogen and oxygen atoms in total. The second kappa shape index (κ2) is 7.37. The fraction of sp³-hybridized carbons (Fsp3) is 0.0952. The molecule has 0 bridgehead atoms. The third-order valence-electron chi connectivity index (χ3n) is 4.14. The van der Waals surface area contributed by atoms with E-state index in [1.54, 1.807) is 36.4 Å². The van der Waals surface area contributed by atoms with Gasteiger partial charge in [-0.05, 0) is 54.1 Å². The summed E-state index contributed by atoms with van der Waals surface area (Å²) in [6, 6.07) is 17.7. The lowest BCUT2D eigenvalue weighted by atomic mass is 10.1. The normalized spacial score (nSPS) is 16.0. The molecule has 0 amide bonds. The molecule has 1 heterocycles. The van der Waals surface area contributed by atoms with Gasteiger partial charge in [-0.3, -0.25) is 0 Å². The molecule has 0 N–H and O–H groups in total. The minimum Gasteiger partial charge on any atom is -0.475 e. The highest BCUT2D eigenvalue weighted by Gasteiger charge is 2.26. The fourth-order valence-corrected chi connectivity index (χ4v) is 2.91. The van der Waals surface area contributed by atoms with Crippen LogP contribution in [0.25, 0.3) is 0 Å². The van der Waals surface area contributed by atoms with Crippen LogP contribution in [0.1, 0.15) is 17.2 Å². The predicted octanol–water partition coefficient (Wildman–Crippen LogP) is 5.93. The van der Waals surface area contributed by atoms with Gasteiger partial charge in [-0.15, -0.1) is 0 Å². The van der Waals surface area contributed by atoms with E-state index in [9.17, 15) is 8.78 Å². The molecule has 0 aromatic heterocycles. The molecule has 0 saturated carbocycles. The van der Waals surface area contributed by atoms with Crippen molar-refractivity contribution >= 4 is 17.5 Å². The Morgan fingerprint density at radius 2 is 1.48 bits per heavy atom. The summed E-state index contributed by atoms with van der Waals surface area (Å²) >= 11 is 5.86. The van der Waals surface area contributed by atoms with Gasteiger partial charge in [-0.2, -0.15) is 0 Å². The molecule has 6 heteroatoms. The van der Waals surface area contributed by atoms with Gasteiger partial charge in [-0.1, -0.05) is 29.8 Å². The first kappa shape index (κ1) is 17.5. The second-order valence-corrected chi connectivity index (χ2v) is 6.42. The molecular formula is C21H14ClF2NO2. The lowest BCUT2D eigenvalue weighted by molar-refractivity contribution is 0.317. The Kier molecular flexibility index (Phi) is 4.77. The number of ether oxygens (including phenoxy) is 2. The van der Waals surface area contributed by atoms with E-state index in [1.807, 2.05) is 12.1 Å². The van der Waals surface area contributed by atoms with Gasteiger partial charge in [0.25, 0.3) is 0 Å². The Balaban J connectivity index is 1.51. The zero-order valence-corrected chi connectivity index (χ0v) is 14.8. The van der Waals surface area contributed by atoms with Crippen molar-refractivity contribution in [3.8, 4) is 11.5 Å². The topological polar surface area (TPSA) is 30.8 Å². The van der Waals surface area contributed by atoms with Crippen molar-refractivity contribution in [3.63, 3.8) is 0 Å². The molecule has 1 atom stereocenters. The van der Waals surface area contributed by atoms with Crippen molar-refractivity contribution in [1.82, 2.24) is 0 Å². The first-order valence-electron chi connectivity index (χ1n) is 8.28. The van der Waals surface area contributed by atoms with Crippen LogP contribution < -0.4 is 4.74 Å². The van der Waals surface area contributed by atoms with Gasteiger partial charge >= 0.3 is 0 Å². The van der Waals surface area contributed by atoms with Gasteiger partial charge in [0.05, 0.1) is 0 Å². The SMILES string of the molecule is Fc1cccc(F)c1C1=NC(c2ccc(Oc3ccc(Cl)cc3)cc2)CO1. The van der Waals surface area contributed by atoms with Gasteiger partial charge in [0.1, 0.15) is 41.3 Å². The first-order valence-corrected chi connectivity index (χ1v) is 8.66. The van der Waals surface area contributed by atoms with Gasteiger partial charge in [0.2, 0.25) is 5.90 Å². The van der Waals surface area contributed by atoms with E-state index < -0.39 is 11.6 Å². The molecule has 0 radical (unpaired) electrons. The lowest BCUT2D eigenvalue weighted by Gasteiger charge is -2.08. The highest BCUT2D eigenvalue weighted by Crippen LogP contribution is 2.29. The van der Waals surface area contributed by atoms with Crippen LogP contribution in [-0.2, 0) is 4.74 Å². The molecule has 136 valence electrons. The second-order valence-electron chi connectivity index (χ2n) is 5.98. The van der Waals surface area contributed by atoms with Crippen LogP contribution >= 0.6 is 11.6 Å². The summed E-state index contributed by atoms with van der Waals surface area (Å²) in [6.45, 7) is 0.223. The Hall–Kier alpha value is -2.92. The Morgan fingerprint density at radius 1 is 0.889 bits per heavy atom. The average molecular weight is 386 g/mol. The smallest absolute Gasteiger partial charge is 0.222 e. The summed E-state index contributed by atoms with van der Waals surface area (Å²) in [6.07, 6.45) is 0. The molecule has 0 saturated heterocycles. The molecule has 4 rings (SSSR count). The van der Waals surface area contributed by atoms with E-state index in [0.29, 0.717) is 16.5 Å². The highest BCUT2D eigenvalue weighted by atomic mass is 35.5. The van der Waals surface area contributed by atoms with Crippen molar-refractivity contribution in [2.45, 2.75) is 6.04 Å². The number of hydrogen-bond donors (Lipinski definition) is 0. The molecule has 1 aliphatic rings. The van der Waals surface area contributed by atoms with Crippen LogP contribution in [-0.4, -0.2) is 12.5 Å². The van der Waals surface area contributed by atoms with Crippen LogP contribution in [0.3, 0.4) is 0 Å². The number of halogens is 3. The Bertz CT molecular complexity index is 968. The molecule has 27 heavy (non-hydrogen) atoms. The number of hydrogen-bond acceptors (Lipinski definition) is 3. The fourth-order valence-electron chi connectivity index (χ4n) is 2.78. The Morgan fingerprint density at radius 3 is 2.11 bits per heavy atom. The summed E-state index contributed by atoms with van der Waals surface area (Å²) in [4.78, 5) is 4.33. The molecule has 1 aliphatic heterocycles. The number of benzene rings is 3. The van der Waals surface area contributed by atoms with Crippen LogP contribution in [0.4, 0.5) is 8.78 Å². The van der Waals surface area contributed by atoms with E-state index in [0.717, 1.165) is 5.56 Å². The number of rotatable bonds is 4. The minimum atomic E-state index is -0.693. The number of aliphatic imine (C=N–C) groups is 1. The van der Waals surface area contributed by atoms with E-state index in [-0.39, 0.29) is 24.1 Å².